The molecule has 2 aliphatic heterocycles. The number of aryl methyl sites for hydroxylation is 1. The molecule has 2 saturated heterocycles. The first kappa shape index (κ1) is 25.1. The summed E-state index contributed by atoms with van der Waals surface area (Å²) < 4.78 is 27.5. The normalized spacial score (nSPS) is 18.4. The molecule has 2 fully saturated rings. The first-order valence-electron chi connectivity index (χ1n) is 13.8. The van der Waals surface area contributed by atoms with Gasteiger partial charge in [0.15, 0.2) is 5.65 Å². The second-order valence-corrected chi connectivity index (χ2v) is 11.3. The summed E-state index contributed by atoms with van der Waals surface area (Å²) in [7, 11) is 2.15. The fourth-order valence-corrected chi connectivity index (χ4v) is 6.03. The summed E-state index contributed by atoms with van der Waals surface area (Å²) in [5.74, 6) is -1.60. The summed E-state index contributed by atoms with van der Waals surface area (Å²) in [6.45, 7) is 6.70. The summed E-state index contributed by atoms with van der Waals surface area (Å²) in [6, 6.07) is 12.5. The van der Waals surface area contributed by atoms with Crippen molar-refractivity contribution in [3.8, 4) is 22.5 Å². The van der Waals surface area contributed by atoms with Gasteiger partial charge in [0, 0.05) is 74.4 Å². The zero-order chi connectivity index (χ0) is 27.4. The molecule has 10 heteroatoms. The van der Waals surface area contributed by atoms with E-state index >= 15 is 0 Å². The largest absolute Gasteiger partial charge is 0.353 e. The lowest BCUT2D eigenvalue weighted by molar-refractivity contribution is 0.0115. The Morgan fingerprint density at radius 2 is 1.80 bits per heavy atom. The van der Waals surface area contributed by atoms with Gasteiger partial charge in [0.05, 0.1) is 23.4 Å². The number of hydrogen-bond donors (Lipinski definition) is 2. The third-order valence-corrected chi connectivity index (χ3v) is 8.13. The lowest BCUT2D eigenvalue weighted by Crippen LogP contribution is -2.44. The molecular formula is C30H32F2N8. The molecule has 5 aromatic rings. The Kier molecular flexibility index (Phi) is 6.05. The highest BCUT2D eigenvalue weighted by molar-refractivity contribution is 5.99. The number of aromatic nitrogens is 5. The molecule has 4 aromatic heterocycles. The zero-order valence-electron chi connectivity index (χ0n) is 22.7. The van der Waals surface area contributed by atoms with E-state index in [-0.39, 0.29) is 13.0 Å². The topological polar surface area (TPSA) is 80.0 Å². The van der Waals surface area contributed by atoms with Crippen LogP contribution >= 0.6 is 0 Å². The number of rotatable bonds is 5. The van der Waals surface area contributed by atoms with Crippen LogP contribution in [0.3, 0.4) is 0 Å². The van der Waals surface area contributed by atoms with Gasteiger partial charge < -0.3 is 14.8 Å². The molecule has 2 N–H and O–H groups in total. The maximum atomic E-state index is 13.7. The molecule has 0 bridgehead atoms. The molecule has 0 radical (unpaired) electrons. The lowest BCUT2D eigenvalue weighted by atomic mass is 10.00. The zero-order valence-corrected chi connectivity index (χ0v) is 22.7. The number of likely N-dealkylation sites (N-methyl/N-ethyl adjacent to an activating group) is 1. The summed E-state index contributed by atoms with van der Waals surface area (Å²) in [5, 5.41) is 9.67. The predicted octanol–water partition coefficient (Wildman–Crippen LogP) is 5.07. The van der Waals surface area contributed by atoms with Crippen LogP contribution < -0.4 is 4.90 Å². The van der Waals surface area contributed by atoms with Crippen molar-refractivity contribution in [1.82, 2.24) is 34.9 Å². The Balaban J connectivity index is 1.22. The highest BCUT2D eigenvalue weighted by atomic mass is 19.3. The molecule has 0 atom stereocenters. The van der Waals surface area contributed by atoms with Crippen molar-refractivity contribution in [2.45, 2.75) is 25.8 Å². The van der Waals surface area contributed by atoms with Gasteiger partial charge in [-0.15, -0.1) is 0 Å². The second-order valence-electron chi connectivity index (χ2n) is 11.3. The highest BCUT2D eigenvalue weighted by Crippen LogP contribution is 2.34. The van der Waals surface area contributed by atoms with Crippen molar-refractivity contribution < 1.29 is 8.78 Å². The van der Waals surface area contributed by atoms with Crippen LogP contribution in [0.25, 0.3) is 44.5 Å². The van der Waals surface area contributed by atoms with E-state index in [1.807, 2.05) is 30.3 Å². The Labute approximate surface area is 231 Å². The van der Waals surface area contributed by atoms with Crippen molar-refractivity contribution in [2.24, 2.45) is 0 Å². The third kappa shape index (κ3) is 4.71. The standard InChI is InChI=1S/C30H32F2N8/c1-19-11-20(17-39-6-4-30(31,32)18-39)13-21(12-19)22-14-24-27(36-37-28(24)34-16-22)26-15-23-25(35-26)3-5-33-29(23)40-9-7-38(2)8-10-40/h3,5,11-16,35H,4,6-10,17-18H2,1-2H3,(H,34,36,37). The fourth-order valence-electron chi connectivity index (χ4n) is 6.03. The van der Waals surface area contributed by atoms with Gasteiger partial charge in [-0.05, 0) is 49.4 Å². The molecule has 8 nitrogen and oxygen atoms in total. The fraction of sp³-hybridized carbons (Fsp3) is 0.367. The molecule has 6 heterocycles. The smallest absolute Gasteiger partial charge is 0.261 e. The molecule has 0 saturated carbocycles. The highest BCUT2D eigenvalue weighted by Gasteiger charge is 2.37. The van der Waals surface area contributed by atoms with Crippen molar-refractivity contribution in [1.29, 1.82) is 0 Å². The number of likely N-dealkylation sites (tertiary alicyclic amines) is 1. The monoisotopic (exact) mass is 542 g/mol. The number of aromatic amines is 2. The summed E-state index contributed by atoms with van der Waals surface area (Å²) >= 11 is 0. The predicted molar refractivity (Wildman–Crippen MR) is 154 cm³/mol. The number of H-pyrrole nitrogens is 2. The Hall–Kier alpha value is -3.89. The van der Waals surface area contributed by atoms with E-state index < -0.39 is 5.92 Å². The first-order valence-corrected chi connectivity index (χ1v) is 13.8. The van der Waals surface area contributed by atoms with Crippen LogP contribution in [-0.2, 0) is 6.54 Å². The van der Waals surface area contributed by atoms with Crippen LogP contribution in [0.4, 0.5) is 14.6 Å². The van der Waals surface area contributed by atoms with Crippen LogP contribution in [0.1, 0.15) is 17.5 Å². The van der Waals surface area contributed by atoms with Gasteiger partial charge in [-0.3, -0.25) is 10.00 Å². The number of hydrogen-bond acceptors (Lipinski definition) is 6. The number of alkyl halides is 2. The molecule has 40 heavy (non-hydrogen) atoms. The van der Waals surface area contributed by atoms with Gasteiger partial charge in [0.2, 0.25) is 0 Å². The minimum absolute atomic E-state index is 0.0732. The first-order chi connectivity index (χ1) is 19.3. The average Bonchev–Trinajstić information content (AvgIpc) is 3.64. The summed E-state index contributed by atoms with van der Waals surface area (Å²) in [6.07, 6.45) is 3.62. The number of benzene rings is 1. The van der Waals surface area contributed by atoms with Crippen molar-refractivity contribution >= 4 is 27.8 Å². The molecule has 0 unspecified atom stereocenters. The third-order valence-electron chi connectivity index (χ3n) is 8.13. The van der Waals surface area contributed by atoms with Gasteiger partial charge in [-0.1, -0.05) is 17.7 Å². The van der Waals surface area contributed by atoms with Crippen LogP contribution in [0.15, 0.2) is 48.8 Å². The van der Waals surface area contributed by atoms with Crippen LogP contribution in [0, 0.1) is 6.92 Å². The van der Waals surface area contributed by atoms with E-state index in [2.05, 4.69) is 67.3 Å². The molecule has 0 spiro atoms. The molecule has 206 valence electrons. The number of fused-ring (bicyclic) bond motifs is 2. The lowest BCUT2D eigenvalue weighted by Gasteiger charge is -2.33. The van der Waals surface area contributed by atoms with Crippen LogP contribution in [-0.4, -0.2) is 87.2 Å². The van der Waals surface area contributed by atoms with Crippen molar-refractivity contribution in [3.63, 3.8) is 0 Å². The van der Waals surface area contributed by atoms with E-state index in [0.29, 0.717) is 18.7 Å². The number of piperazine rings is 1. The Bertz CT molecular complexity index is 1700. The summed E-state index contributed by atoms with van der Waals surface area (Å²) in [5.41, 5.74) is 7.56. The minimum atomic E-state index is -2.59. The van der Waals surface area contributed by atoms with Crippen molar-refractivity contribution in [3.05, 3.63) is 59.9 Å². The molecule has 7 rings (SSSR count). The van der Waals surface area contributed by atoms with Gasteiger partial charge in [0.25, 0.3) is 5.92 Å². The van der Waals surface area contributed by atoms with E-state index in [1.54, 1.807) is 0 Å². The quantitative estimate of drug-likeness (QED) is 0.323. The molecule has 1 aromatic carbocycles. The van der Waals surface area contributed by atoms with E-state index in [4.69, 9.17) is 4.98 Å². The molecule has 0 aliphatic carbocycles. The van der Waals surface area contributed by atoms with Gasteiger partial charge in [-0.2, -0.15) is 5.10 Å². The minimum Gasteiger partial charge on any atom is -0.353 e. The number of anilines is 1. The number of pyridine rings is 2. The second kappa shape index (κ2) is 9.64. The average molecular weight is 543 g/mol. The molecule has 2 aliphatic rings. The maximum Gasteiger partial charge on any atom is 0.261 e. The van der Waals surface area contributed by atoms with E-state index in [0.717, 1.165) is 81.9 Å². The number of halogens is 2. The Morgan fingerprint density at radius 1 is 0.950 bits per heavy atom. The van der Waals surface area contributed by atoms with Gasteiger partial charge in [-0.25, -0.2) is 18.7 Å². The molecule has 0 amide bonds. The van der Waals surface area contributed by atoms with Gasteiger partial charge >= 0.3 is 0 Å². The number of nitrogens with one attached hydrogen (secondary N) is 2. The SMILES string of the molecule is Cc1cc(CN2CCC(F)(F)C2)cc(-c2cnc3n[nH]c(-c4cc5c(N6CCN(C)CC6)nccc5[nH]4)c3c2)c1. The van der Waals surface area contributed by atoms with Crippen LogP contribution in [0.2, 0.25) is 0 Å². The van der Waals surface area contributed by atoms with E-state index in [1.165, 1.54) is 0 Å². The van der Waals surface area contributed by atoms with Gasteiger partial charge in [0.1, 0.15) is 5.82 Å². The maximum absolute atomic E-state index is 13.7. The number of nitrogens with zero attached hydrogens (tertiary/aromatic N) is 6. The van der Waals surface area contributed by atoms with E-state index in [9.17, 15) is 8.78 Å². The molecular weight excluding hydrogens is 510 g/mol. The van der Waals surface area contributed by atoms with Crippen LogP contribution in [0.5, 0.6) is 0 Å². The Morgan fingerprint density at radius 3 is 2.60 bits per heavy atom. The van der Waals surface area contributed by atoms with Crippen molar-refractivity contribution in [2.75, 3.05) is 51.2 Å². The summed E-state index contributed by atoms with van der Waals surface area (Å²) in [4.78, 5) is 19.5.